The van der Waals surface area contributed by atoms with Crippen LogP contribution in [0.2, 0.25) is 0 Å². The van der Waals surface area contributed by atoms with Gasteiger partial charge < -0.3 is 15.0 Å². The molecule has 5 heteroatoms. The summed E-state index contributed by atoms with van der Waals surface area (Å²) in [6.45, 7) is 2.16. The van der Waals surface area contributed by atoms with Crippen LogP contribution in [0.1, 0.15) is 19.3 Å². The minimum Gasteiger partial charge on any atom is -0.453 e. The molecule has 2 heterocycles. The van der Waals surface area contributed by atoms with Crippen molar-refractivity contribution in [3.8, 4) is 0 Å². The van der Waals surface area contributed by atoms with Gasteiger partial charge in [-0.15, -0.1) is 0 Å². The number of methoxy groups -OCH3 is 1. The second-order valence-electron chi connectivity index (χ2n) is 4.41. The third kappa shape index (κ3) is 1.91. The van der Waals surface area contributed by atoms with E-state index in [2.05, 4.69) is 10.1 Å². The first-order valence-electron chi connectivity index (χ1n) is 5.25. The molecule has 2 aliphatic rings. The Kier molecular flexibility index (Phi) is 2.54. The maximum atomic E-state index is 11.3. The predicted octanol–water partition coefficient (Wildman–Crippen LogP) is 0.355. The van der Waals surface area contributed by atoms with Gasteiger partial charge in [-0.2, -0.15) is 0 Å². The molecule has 1 N–H and O–H groups in total. The molecule has 84 valence electrons. The molecule has 0 atom stereocenters. The van der Waals surface area contributed by atoms with Gasteiger partial charge in [0.25, 0.3) is 0 Å². The van der Waals surface area contributed by atoms with Gasteiger partial charge in [-0.25, -0.2) is 4.79 Å². The molecule has 0 aromatic rings. The lowest BCUT2D eigenvalue weighted by Crippen LogP contribution is -2.43. The lowest BCUT2D eigenvalue weighted by Gasteiger charge is -2.37. The van der Waals surface area contributed by atoms with Crippen LogP contribution in [0.5, 0.6) is 0 Å². The van der Waals surface area contributed by atoms with Gasteiger partial charge in [0.15, 0.2) is 0 Å². The Balaban J connectivity index is 1.92. The van der Waals surface area contributed by atoms with E-state index >= 15 is 0 Å². The van der Waals surface area contributed by atoms with E-state index in [1.165, 1.54) is 7.11 Å². The molecule has 2 aliphatic heterocycles. The van der Waals surface area contributed by atoms with Crippen molar-refractivity contribution in [3.63, 3.8) is 0 Å². The Morgan fingerprint density at radius 2 is 2.13 bits per heavy atom. The van der Waals surface area contributed by atoms with Gasteiger partial charge >= 0.3 is 6.09 Å². The van der Waals surface area contributed by atoms with E-state index in [1.807, 2.05) is 0 Å². The fourth-order valence-corrected chi connectivity index (χ4v) is 2.40. The van der Waals surface area contributed by atoms with E-state index in [-0.39, 0.29) is 17.4 Å². The highest BCUT2D eigenvalue weighted by molar-refractivity contribution is 5.79. The predicted molar refractivity (Wildman–Crippen MR) is 53.3 cm³/mol. The van der Waals surface area contributed by atoms with Crippen molar-refractivity contribution in [1.82, 2.24) is 10.2 Å². The summed E-state index contributed by atoms with van der Waals surface area (Å²) in [6.07, 6.45) is 2.13. The molecule has 15 heavy (non-hydrogen) atoms. The number of nitrogens with zero attached hydrogens (tertiary/aromatic N) is 1. The number of amides is 2. The second kappa shape index (κ2) is 3.72. The highest BCUT2D eigenvalue weighted by Gasteiger charge is 2.41. The van der Waals surface area contributed by atoms with Crippen LogP contribution in [0.4, 0.5) is 4.79 Å². The maximum absolute atomic E-state index is 11.3. The molecule has 2 rings (SSSR count). The number of piperidine rings is 1. The van der Waals surface area contributed by atoms with Crippen LogP contribution in [0.3, 0.4) is 0 Å². The van der Waals surface area contributed by atoms with Gasteiger partial charge in [-0.1, -0.05) is 0 Å². The Labute approximate surface area is 88.8 Å². The van der Waals surface area contributed by atoms with Crippen molar-refractivity contribution in [2.24, 2.45) is 5.41 Å². The van der Waals surface area contributed by atoms with Gasteiger partial charge in [0.2, 0.25) is 5.91 Å². The summed E-state index contributed by atoms with van der Waals surface area (Å²) in [5.74, 6) is 0.140. The molecular weight excluding hydrogens is 196 g/mol. The van der Waals surface area contributed by atoms with Crippen LogP contribution in [0, 0.1) is 5.41 Å². The van der Waals surface area contributed by atoms with E-state index in [4.69, 9.17) is 0 Å². The van der Waals surface area contributed by atoms with Gasteiger partial charge in [-0.05, 0) is 18.3 Å². The summed E-state index contributed by atoms with van der Waals surface area (Å²) < 4.78 is 4.67. The highest BCUT2D eigenvalue weighted by atomic mass is 16.5. The fourth-order valence-electron chi connectivity index (χ4n) is 2.40. The molecule has 0 aliphatic carbocycles. The van der Waals surface area contributed by atoms with Crippen LogP contribution < -0.4 is 5.32 Å². The second-order valence-corrected chi connectivity index (χ2v) is 4.41. The van der Waals surface area contributed by atoms with Gasteiger partial charge in [-0.3, -0.25) is 4.79 Å². The fraction of sp³-hybridized carbons (Fsp3) is 0.800. The number of rotatable bonds is 0. The zero-order valence-electron chi connectivity index (χ0n) is 8.91. The SMILES string of the molecule is COC(=O)N1CCC2(CC1)CNC(=O)C2. The Morgan fingerprint density at radius 3 is 2.60 bits per heavy atom. The molecule has 0 bridgehead atoms. The number of hydrogen-bond acceptors (Lipinski definition) is 3. The first kappa shape index (κ1) is 10.3. The Morgan fingerprint density at radius 1 is 1.47 bits per heavy atom. The Hall–Kier alpha value is -1.26. The van der Waals surface area contributed by atoms with E-state index in [1.54, 1.807) is 4.90 Å². The zero-order chi connectivity index (χ0) is 10.9. The van der Waals surface area contributed by atoms with Gasteiger partial charge in [0.1, 0.15) is 0 Å². The molecule has 0 unspecified atom stereocenters. The quantitative estimate of drug-likeness (QED) is 0.630. The molecule has 0 saturated carbocycles. The monoisotopic (exact) mass is 212 g/mol. The average Bonchev–Trinajstić information content (AvgIpc) is 2.60. The molecule has 2 saturated heterocycles. The lowest BCUT2D eigenvalue weighted by atomic mass is 9.78. The van der Waals surface area contributed by atoms with Crippen molar-refractivity contribution >= 4 is 12.0 Å². The summed E-state index contributed by atoms with van der Waals surface area (Å²) in [5.41, 5.74) is 0.0988. The minimum atomic E-state index is -0.262. The first-order chi connectivity index (χ1) is 7.15. The molecule has 0 aromatic carbocycles. The summed E-state index contributed by atoms with van der Waals surface area (Å²) in [5, 5.41) is 2.86. The van der Waals surface area contributed by atoms with Crippen molar-refractivity contribution < 1.29 is 14.3 Å². The number of nitrogens with one attached hydrogen (secondary N) is 1. The van der Waals surface area contributed by atoms with Crippen molar-refractivity contribution in [1.29, 1.82) is 0 Å². The minimum absolute atomic E-state index is 0.0988. The van der Waals surface area contributed by atoms with Crippen molar-refractivity contribution in [2.45, 2.75) is 19.3 Å². The summed E-state index contributed by atoms with van der Waals surface area (Å²) in [6, 6.07) is 0. The maximum Gasteiger partial charge on any atom is 0.409 e. The van der Waals surface area contributed by atoms with Crippen LogP contribution in [0.15, 0.2) is 0 Å². The van der Waals surface area contributed by atoms with Crippen molar-refractivity contribution in [2.75, 3.05) is 26.7 Å². The highest BCUT2D eigenvalue weighted by Crippen LogP contribution is 2.37. The van der Waals surface area contributed by atoms with Crippen LogP contribution >= 0.6 is 0 Å². The van der Waals surface area contributed by atoms with E-state index in [0.717, 1.165) is 19.4 Å². The number of carbonyl (C=O) groups is 2. The number of hydrogen-bond donors (Lipinski definition) is 1. The first-order valence-corrected chi connectivity index (χ1v) is 5.25. The summed E-state index contributed by atoms with van der Waals surface area (Å²) >= 11 is 0. The van der Waals surface area contributed by atoms with E-state index < -0.39 is 0 Å². The van der Waals surface area contributed by atoms with Crippen molar-refractivity contribution in [3.05, 3.63) is 0 Å². The molecule has 2 amide bonds. The molecule has 0 aromatic heterocycles. The normalized spacial score (nSPS) is 24.1. The average molecular weight is 212 g/mol. The topological polar surface area (TPSA) is 58.6 Å². The standard InChI is InChI=1S/C10H16N2O3/c1-15-9(14)12-4-2-10(3-5-12)6-8(13)11-7-10/h2-7H2,1H3,(H,11,13). The molecule has 0 radical (unpaired) electrons. The third-order valence-electron chi connectivity index (χ3n) is 3.45. The smallest absolute Gasteiger partial charge is 0.409 e. The van der Waals surface area contributed by atoms with Gasteiger partial charge in [0, 0.05) is 26.1 Å². The van der Waals surface area contributed by atoms with Crippen LogP contribution in [-0.4, -0.2) is 43.6 Å². The third-order valence-corrected chi connectivity index (χ3v) is 3.45. The van der Waals surface area contributed by atoms with E-state index in [0.29, 0.717) is 19.5 Å². The lowest BCUT2D eigenvalue weighted by molar-refractivity contribution is -0.119. The summed E-state index contributed by atoms with van der Waals surface area (Å²) in [4.78, 5) is 24.1. The molecular formula is C10H16N2O3. The summed E-state index contributed by atoms with van der Waals surface area (Å²) in [7, 11) is 1.40. The molecule has 2 fully saturated rings. The largest absolute Gasteiger partial charge is 0.453 e. The molecule has 1 spiro atoms. The number of ether oxygens (including phenoxy) is 1. The number of likely N-dealkylation sites (tertiary alicyclic amines) is 1. The van der Waals surface area contributed by atoms with Crippen LogP contribution in [-0.2, 0) is 9.53 Å². The molecule has 5 nitrogen and oxygen atoms in total. The van der Waals surface area contributed by atoms with Gasteiger partial charge in [0.05, 0.1) is 7.11 Å². The Bertz CT molecular complexity index is 282. The van der Waals surface area contributed by atoms with Crippen LogP contribution in [0.25, 0.3) is 0 Å². The van der Waals surface area contributed by atoms with E-state index in [9.17, 15) is 9.59 Å². The number of carbonyl (C=O) groups excluding carboxylic acids is 2. The zero-order valence-corrected chi connectivity index (χ0v) is 8.91.